The number of methoxy groups -OCH3 is 1. The van der Waals surface area contributed by atoms with Gasteiger partial charge < -0.3 is 4.74 Å². The van der Waals surface area contributed by atoms with E-state index in [9.17, 15) is 9.59 Å². The van der Waals surface area contributed by atoms with E-state index >= 15 is 0 Å². The quantitative estimate of drug-likeness (QED) is 0.828. The summed E-state index contributed by atoms with van der Waals surface area (Å²) in [6.45, 7) is 7.97. The first kappa shape index (κ1) is 19.1. The minimum atomic E-state index is -0.443. The van der Waals surface area contributed by atoms with Gasteiger partial charge in [0.1, 0.15) is 5.71 Å². The van der Waals surface area contributed by atoms with Gasteiger partial charge in [0.05, 0.1) is 12.9 Å². The van der Waals surface area contributed by atoms with Crippen LogP contribution in [0.2, 0.25) is 0 Å². The summed E-state index contributed by atoms with van der Waals surface area (Å²) >= 11 is 0. The van der Waals surface area contributed by atoms with Crippen LogP contribution in [-0.4, -0.2) is 24.5 Å². The van der Waals surface area contributed by atoms with Gasteiger partial charge in [0, 0.05) is 23.0 Å². The lowest BCUT2D eigenvalue weighted by Crippen LogP contribution is -2.41. The molecule has 0 heterocycles. The van der Waals surface area contributed by atoms with Crippen molar-refractivity contribution in [2.24, 2.45) is 10.5 Å². The molecule has 5 heteroatoms. The molecule has 0 saturated heterocycles. The Morgan fingerprint density at radius 2 is 1.93 bits per heavy atom. The molecular formula is C22H26N2O3. The van der Waals surface area contributed by atoms with Crippen molar-refractivity contribution in [2.75, 3.05) is 7.11 Å². The zero-order valence-corrected chi connectivity index (χ0v) is 16.6. The first-order valence-electron chi connectivity index (χ1n) is 9.20. The number of Topliss-reactive ketones (excluding diaryl/α,β-unsaturated/α-hetero) is 1. The standard InChI is InChI=1S/C22H26N2O3/c1-13-10-14(2)18-16(11-13)12-22(3,4)20(19(18)25)23-24-21(26)15-6-8-17(27-5)9-7-15/h6,8,10-11H,7,9,12H2,1-5H3,(H,24,26)/b23-20-. The number of hydrazone groups is 1. The molecule has 3 rings (SSSR count). The van der Waals surface area contributed by atoms with E-state index in [-0.39, 0.29) is 11.7 Å². The number of nitrogens with zero attached hydrogens (tertiary/aromatic N) is 1. The SMILES string of the molecule is COC1=CC=C(C(=O)N/N=C2/C(=O)c3c(C)cc(C)cc3CC2(C)C)CC1. The van der Waals surface area contributed by atoms with Crippen LogP contribution in [0, 0.1) is 19.3 Å². The molecule has 0 bridgehead atoms. The Morgan fingerprint density at radius 1 is 1.19 bits per heavy atom. The normalized spacial score (nSPS) is 19.9. The average molecular weight is 366 g/mol. The number of hydrogen-bond donors (Lipinski definition) is 1. The molecule has 0 atom stereocenters. The summed E-state index contributed by atoms with van der Waals surface area (Å²) < 4.78 is 5.18. The van der Waals surface area contributed by atoms with E-state index in [0.29, 0.717) is 30.5 Å². The molecule has 5 nitrogen and oxygen atoms in total. The number of carbonyl (C=O) groups excluding carboxylic acids is 2. The Kier molecular flexibility index (Phi) is 5.05. The third-order valence-corrected chi connectivity index (χ3v) is 5.21. The third-order valence-electron chi connectivity index (χ3n) is 5.21. The number of allylic oxidation sites excluding steroid dienone is 3. The second-order valence-corrected chi connectivity index (χ2v) is 7.94. The highest BCUT2D eigenvalue weighted by atomic mass is 16.5. The smallest absolute Gasteiger partial charge is 0.267 e. The third kappa shape index (κ3) is 3.72. The first-order chi connectivity index (χ1) is 12.7. The van der Waals surface area contributed by atoms with E-state index in [1.54, 1.807) is 19.3 Å². The van der Waals surface area contributed by atoms with Crippen LogP contribution < -0.4 is 5.43 Å². The summed E-state index contributed by atoms with van der Waals surface area (Å²) in [5.41, 5.74) is 7.07. The fraction of sp³-hybridized carbons (Fsp3) is 0.409. The van der Waals surface area contributed by atoms with Crippen molar-refractivity contribution < 1.29 is 14.3 Å². The van der Waals surface area contributed by atoms with E-state index in [1.165, 1.54) is 0 Å². The van der Waals surface area contributed by atoms with Crippen molar-refractivity contribution in [3.63, 3.8) is 0 Å². The predicted octanol–water partition coefficient (Wildman–Crippen LogP) is 3.79. The van der Waals surface area contributed by atoms with E-state index < -0.39 is 5.41 Å². The lowest BCUT2D eigenvalue weighted by molar-refractivity contribution is -0.117. The molecule has 1 aromatic carbocycles. The topological polar surface area (TPSA) is 67.8 Å². The maximum atomic E-state index is 13.1. The van der Waals surface area contributed by atoms with Gasteiger partial charge in [0.25, 0.3) is 5.91 Å². The Bertz CT molecular complexity index is 904. The van der Waals surface area contributed by atoms with Crippen LogP contribution in [-0.2, 0) is 16.0 Å². The minimum Gasteiger partial charge on any atom is -0.501 e. The van der Waals surface area contributed by atoms with Crippen molar-refractivity contribution in [3.8, 4) is 0 Å². The van der Waals surface area contributed by atoms with E-state index in [2.05, 4.69) is 16.6 Å². The fourth-order valence-corrected chi connectivity index (χ4v) is 3.86. The molecule has 1 N–H and O–H groups in total. The highest BCUT2D eigenvalue weighted by molar-refractivity contribution is 6.49. The van der Waals surface area contributed by atoms with E-state index in [1.807, 2.05) is 33.8 Å². The van der Waals surface area contributed by atoms with Gasteiger partial charge in [0.15, 0.2) is 0 Å². The van der Waals surface area contributed by atoms with E-state index in [0.717, 1.165) is 28.0 Å². The van der Waals surface area contributed by atoms with Crippen LogP contribution in [0.25, 0.3) is 0 Å². The summed E-state index contributed by atoms with van der Waals surface area (Å²) in [5, 5.41) is 4.27. The van der Waals surface area contributed by atoms with Crippen molar-refractivity contribution in [2.45, 2.75) is 47.0 Å². The molecule has 0 fully saturated rings. The molecule has 2 aliphatic rings. The molecule has 1 aromatic rings. The lowest BCUT2D eigenvalue weighted by Gasteiger charge is -2.32. The van der Waals surface area contributed by atoms with Gasteiger partial charge in [-0.15, -0.1) is 0 Å². The maximum Gasteiger partial charge on any atom is 0.267 e. The van der Waals surface area contributed by atoms with Crippen LogP contribution in [0.15, 0.2) is 40.7 Å². The molecule has 0 aromatic heterocycles. The number of aryl methyl sites for hydroxylation is 2. The molecule has 0 aliphatic heterocycles. The molecule has 1 amide bonds. The number of ketones is 1. The first-order valence-corrected chi connectivity index (χ1v) is 9.20. The monoisotopic (exact) mass is 366 g/mol. The predicted molar refractivity (Wildman–Crippen MR) is 106 cm³/mol. The van der Waals surface area contributed by atoms with Gasteiger partial charge >= 0.3 is 0 Å². The summed E-state index contributed by atoms with van der Waals surface area (Å²) in [5.74, 6) is 0.478. The molecule has 0 unspecified atom stereocenters. The zero-order valence-electron chi connectivity index (χ0n) is 16.6. The van der Waals surface area contributed by atoms with Crippen molar-refractivity contribution >= 4 is 17.4 Å². The highest BCUT2D eigenvalue weighted by Gasteiger charge is 2.39. The number of benzene rings is 1. The van der Waals surface area contributed by atoms with Crippen LogP contribution in [0.1, 0.15) is 53.7 Å². The Labute approximate surface area is 160 Å². The number of rotatable bonds is 3. The van der Waals surface area contributed by atoms with Gasteiger partial charge in [-0.25, -0.2) is 5.43 Å². The van der Waals surface area contributed by atoms with Crippen LogP contribution >= 0.6 is 0 Å². The summed E-state index contributed by atoms with van der Waals surface area (Å²) in [6, 6.07) is 4.09. The Morgan fingerprint density at radius 3 is 2.56 bits per heavy atom. The number of fused-ring (bicyclic) bond motifs is 1. The summed E-state index contributed by atoms with van der Waals surface area (Å²) in [7, 11) is 1.62. The van der Waals surface area contributed by atoms with Crippen LogP contribution in [0.3, 0.4) is 0 Å². The van der Waals surface area contributed by atoms with Crippen LogP contribution in [0.5, 0.6) is 0 Å². The molecule has 27 heavy (non-hydrogen) atoms. The van der Waals surface area contributed by atoms with Gasteiger partial charge in [-0.3, -0.25) is 9.59 Å². The van der Waals surface area contributed by atoms with Crippen molar-refractivity contribution in [1.29, 1.82) is 0 Å². The zero-order chi connectivity index (χ0) is 19.8. The van der Waals surface area contributed by atoms with Crippen molar-refractivity contribution in [1.82, 2.24) is 5.43 Å². The molecule has 0 spiro atoms. The second-order valence-electron chi connectivity index (χ2n) is 7.94. The number of carbonyl (C=O) groups is 2. The van der Waals surface area contributed by atoms with Crippen LogP contribution in [0.4, 0.5) is 0 Å². The number of hydrogen-bond acceptors (Lipinski definition) is 4. The van der Waals surface area contributed by atoms with E-state index in [4.69, 9.17) is 4.74 Å². The number of amides is 1. The molecule has 0 saturated carbocycles. The summed E-state index contributed by atoms with van der Waals surface area (Å²) in [4.78, 5) is 25.6. The molecule has 0 radical (unpaired) electrons. The average Bonchev–Trinajstić information content (AvgIpc) is 2.59. The lowest BCUT2D eigenvalue weighted by atomic mass is 9.71. The highest BCUT2D eigenvalue weighted by Crippen LogP contribution is 2.35. The van der Waals surface area contributed by atoms with Gasteiger partial charge in [0.2, 0.25) is 5.78 Å². The molecule has 142 valence electrons. The number of nitrogens with one attached hydrogen (secondary N) is 1. The Balaban J connectivity index is 1.87. The van der Waals surface area contributed by atoms with Gasteiger partial charge in [-0.2, -0.15) is 5.10 Å². The molecular weight excluding hydrogens is 340 g/mol. The fourth-order valence-electron chi connectivity index (χ4n) is 3.86. The summed E-state index contributed by atoms with van der Waals surface area (Å²) in [6.07, 6.45) is 5.53. The van der Waals surface area contributed by atoms with Gasteiger partial charge in [-0.05, 0) is 43.9 Å². The largest absolute Gasteiger partial charge is 0.501 e. The minimum absolute atomic E-state index is 0.0989. The van der Waals surface area contributed by atoms with Gasteiger partial charge in [-0.1, -0.05) is 37.6 Å². The van der Waals surface area contributed by atoms with Crippen molar-refractivity contribution in [3.05, 3.63) is 57.9 Å². The maximum absolute atomic E-state index is 13.1. The second kappa shape index (κ2) is 7.14. The molecule has 2 aliphatic carbocycles. The number of ether oxygens (including phenoxy) is 1. The Hall–Kier alpha value is -2.69.